The van der Waals surface area contributed by atoms with Crippen LogP contribution in [-0.4, -0.2) is 9.97 Å². The van der Waals surface area contributed by atoms with Crippen LogP contribution in [0.2, 0.25) is 0 Å². The third-order valence-electron chi connectivity index (χ3n) is 12.6. The first-order valence-corrected chi connectivity index (χ1v) is 22.1. The lowest BCUT2D eigenvalue weighted by Gasteiger charge is -2.27. The molecule has 0 aliphatic rings. The Kier molecular flexibility index (Phi) is 8.74. The molecule has 0 aliphatic carbocycles. The molecule has 13 rings (SSSR count). The summed E-state index contributed by atoms with van der Waals surface area (Å²) in [6.45, 7) is 0. The van der Waals surface area contributed by atoms with E-state index in [2.05, 4.69) is 192 Å². The van der Waals surface area contributed by atoms with Crippen LogP contribution < -0.4 is 9.80 Å². The zero-order valence-electron chi connectivity index (χ0n) is 35.5. The third kappa shape index (κ3) is 6.59. The Morgan fingerprint density at radius 3 is 1.03 bits per heavy atom. The summed E-state index contributed by atoms with van der Waals surface area (Å²) in [5, 5.41) is 9.46. The van der Waals surface area contributed by atoms with Crippen LogP contribution in [0, 0.1) is 0 Å². The van der Waals surface area contributed by atoms with Crippen LogP contribution in [0.1, 0.15) is 0 Å². The molecule has 0 radical (unpaired) electrons. The zero-order chi connectivity index (χ0) is 43.6. The van der Waals surface area contributed by atoms with Crippen LogP contribution in [0.5, 0.6) is 0 Å². The number of nitrogens with zero attached hydrogens (tertiary/aromatic N) is 4. The van der Waals surface area contributed by atoms with Gasteiger partial charge in [0.15, 0.2) is 11.2 Å². The lowest BCUT2D eigenvalue weighted by atomic mass is 9.99. The predicted octanol–water partition coefficient (Wildman–Crippen LogP) is 16.9. The van der Waals surface area contributed by atoms with Crippen LogP contribution in [0.4, 0.5) is 34.1 Å². The monoisotopic (exact) mass is 846 g/mol. The average Bonchev–Trinajstić information content (AvgIpc) is 4.02. The van der Waals surface area contributed by atoms with E-state index in [1.54, 1.807) is 0 Å². The molecule has 0 saturated heterocycles. The molecule has 6 nitrogen and oxygen atoms in total. The number of aromatic nitrogens is 2. The van der Waals surface area contributed by atoms with Crippen molar-refractivity contribution in [2.75, 3.05) is 9.80 Å². The number of fused-ring (bicyclic) bond motifs is 7. The Balaban J connectivity index is 0.888. The Morgan fingerprint density at radius 2 is 0.606 bits per heavy atom. The number of hydrogen-bond acceptors (Lipinski definition) is 6. The van der Waals surface area contributed by atoms with E-state index in [9.17, 15) is 0 Å². The summed E-state index contributed by atoms with van der Waals surface area (Å²) in [5.74, 6) is 1.21. The maximum absolute atomic E-state index is 6.13. The zero-order valence-corrected chi connectivity index (χ0v) is 35.5. The Hall–Kier alpha value is -9.00. The van der Waals surface area contributed by atoms with E-state index in [-0.39, 0.29) is 0 Å². The molecule has 0 unspecified atom stereocenters. The van der Waals surface area contributed by atoms with Crippen molar-refractivity contribution in [3.63, 3.8) is 0 Å². The standard InChI is InChI=1S/C60H38N4O2/c1-3-11-43-35-49(29-19-39(43)9-1)63(47-25-21-41(22-26-47)59-61-55-13-5-7-15-57(55)65-59)51-31-33-53-45(37-51)17-18-46-38-52(32-34-54(46)53)64(50-30-20-40-10-2-4-12-44(40)36-50)48-27-23-42(24-28-48)60-62-56-14-6-8-16-58(56)66-60/h1-38H. The van der Waals surface area contributed by atoms with Gasteiger partial charge in [-0.2, -0.15) is 0 Å². The fourth-order valence-corrected chi connectivity index (χ4v) is 9.35. The molecular weight excluding hydrogens is 809 g/mol. The number of anilines is 6. The van der Waals surface area contributed by atoms with E-state index < -0.39 is 0 Å². The number of benzene rings is 11. The van der Waals surface area contributed by atoms with Crippen LogP contribution in [-0.2, 0) is 0 Å². The van der Waals surface area contributed by atoms with Crippen LogP contribution in [0.15, 0.2) is 239 Å². The fraction of sp³-hybridized carbons (Fsp3) is 0. The third-order valence-corrected chi connectivity index (χ3v) is 12.6. The Labute approximate surface area is 379 Å². The van der Waals surface area contributed by atoms with Gasteiger partial charge >= 0.3 is 0 Å². The molecule has 6 heteroatoms. The van der Waals surface area contributed by atoms with Gasteiger partial charge in [0, 0.05) is 45.3 Å². The lowest BCUT2D eigenvalue weighted by Crippen LogP contribution is -2.10. The van der Waals surface area contributed by atoms with Crippen molar-refractivity contribution in [2.45, 2.75) is 0 Å². The number of hydrogen-bond donors (Lipinski definition) is 0. The summed E-state index contributed by atoms with van der Waals surface area (Å²) in [7, 11) is 0. The van der Waals surface area contributed by atoms with Crippen molar-refractivity contribution in [2.24, 2.45) is 0 Å². The molecule has 0 spiro atoms. The maximum atomic E-state index is 6.13. The minimum atomic E-state index is 0.607. The molecule has 0 amide bonds. The van der Waals surface area contributed by atoms with Gasteiger partial charge in [-0.05, 0) is 164 Å². The highest BCUT2D eigenvalue weighted by Crippen LogP contribution is 2.42. The van der Waals surface area contributed by atoms with Crippen molar-refractivity contribution in [1.82, 2.24) is 9.97 Å². The van der Waals surface area contributed by atoms with Gasteiger partial charge in [0.2, 0.25) is 11.8 Å². The van der Waals surface area contributed by atoms with Gasteiger partial charge in [0.05, 0.1) is 0 Å². The summed E-state index contributed by atoms with van der Waals surface area (Å²) in [5.41, 5.74) is 11.4. The van der Waals surface area contributed by atoms with E-state index in [1.165, 1.54) is 32.3 Å². The molecule has 2 heterocycles. The first kappa shape index (κ1) is 37.5. The molecule has 11 aromatic carbocycles. The normalized spacial score (nSPS) is 11.6. The van der Waals surface area contributed by atoms with E-state index in [4.69, 9.17) is 18.8 Å². The molecule has 0 saturated carbocycles. The molecule has 0 atom stereocenters. The van der Waals surface area contributed by atoms with Crippen LogP contribution >= 0.6 is 0 Å². The fourth-order valence-electron chi connectivity index (χ4n) is 9.35. The second-order valence-corrected chi connectivity index (χ2v) is 16.7. The van der Waals surface area contributed by atoms with E-state index in [0.29, 0.717) is 11.8 Å². The van der Waals surface area contributed by atoms with Crippen molar-refractivity contribution in [3.05, 3.63) is 231 Å². The van der Waals surface area contributed by atoms with E-state index in [1.807, 2.05) is 48.5 Å². The first-order valence-electron chi connectivity index (χ1n) is 22.1. The molecule has 0 fully saturated rings. The van der Waals surface area contributed by atoms with Gasteiger partial charge in [0.25, 0.3) is 0 Å². The van der Waals surface area contributed by atoms with Gasteiger partial charge in [-0.3, -0.25) is 0 Å². The summed E-state index contributed by atoms with van der Waals surface area (Å²) in [6, 6.07) is 81.1. The predicted molar refractivity (Wildman–Crippen MR) is 272 cm³/mol. The summed E-state index contributed by atoms with van der Waals surface area (Å²) < 4.78 is 12.3. The summed E-state index contributed by atoms with van der Waals surface area (Å²) >= 11 is 0. The lowest BCUT2D eigenvalue weighted by molar-refractivity contribution is 0.619. The van der Waals surface area contributed by atoms with E-state index >= 15 is 0 Å². The topological polar surface area (TPSA) is 58.5 Å². The van der Waals surface area contributed by atoms with Crippen molar-refractivity contribution >= 4 is 99.4 Å². The Morgan fingerprint density at radius 1 is 0.273 bits per heavy atom. The molecule has 66 heavy (non-hydrogen) atoms. The quantitative estimate of drug-likeness (QED) is 0.142. The molecule has 310 valence electrons. The van der Waals surface area contributed by atoms with Crippen molar-refractivity contribution in [1.29, 1.82) is 0 Å². The molecule has 0 bridgehead atoms. The molecular formula is C60H38N4O2. The van der Waals surface area contributed by atoms with Crippen molar-refractivity contribution < 1.29 is 8.83 Å². The number of para-hydroxylation sites is 4. The van der Waals surface area contributed by atoms with Gasteiger partial charge in [-0.25, -0.2) is 9.97 Å². The minimum absolute atomic E-state index is 0.607. The van der Waals surface area contributed by atoms with Crippen LogP contribution in [0.3, 0.4) is 0 Å². The largest absolute Gasteiger partial charge is 0.436 e. The highest BCUT2D eigenvalue weighted by Gasteiger charge is 2.19. The van der Waals surface area contributed by atoms with Gasteiger partial charge in [-0.1, -0.05) is 109 Å². The SMILES string of the molecule is c1ccc2cc(N(c3ccc(-c4nc5ccccc5o4)cc3)c3ccc4c(ccc5cc(N(c6ccc(-c7nc8ccccc8o7)cc6)c6ccc7ccccc7c6)ccc54)c3)ccc2c1. The van der Waals surface area contributed by atoms with Gasteiger partial charge in [-0.15, -0.1) is 0 Å². The van der Waals surface area contributed by atoms with Gasteiger partial charge < -0.3 is 18.6 Å². The number of oxazole rings is 2. The highest BCUT2D eigenvalue weighted by atomic mass is 16.4. The highest BCUT2D eigenvalue weighted by molar-refractivity contribution is 6.10. The number of rotatable bonds is 8. The van der Waals surface area contributed by atoms with E-state index in [0.717, 1.165) is 78.2 Å². The van der Waals surface area contributed by atoms with Crippen LogP contribution in [0.25, 0.3) is 88.2 Å². The molecule has 13 aromatic rings. The second kappa shape index (κ2) is 15.4. The summed E-state index contributed by atoms with van der Waals surface area (Å²) in [4.78, 5) is 14.2. The average molecular weight is 847 g/mol. The Bertz CT molecular complexity index is 3640. The smallest absolute Gasteiger partial charge is 0.227 e. The summed E-state index contributed by atoms with van der Waals surface area (Å²) in [6.07, 6.45) is 0. The maximum Gasteiger partial charge on any atom is 0.227 e. The second-order valence-electron chi connectivity index (χ2n) is 16.7. The molecule has 0 aliphatic heterocycles. The minimum Gasteiger partial charge on any atom is -0.436 e. The first-order chi connectivity index (χ1) is 32.6. The van der Waals surface area contributed by atoms with Crippen molar-refractivity contribution in [3.8, 4) is 22.9 Å². The van der Waals surface area contributed by atoms with Gasteiger partial charge in [0.1, 0.15) is 11.0 Å². The molecule has 2 aromatic heterocycles. The molecule has 0 N–H and O–H groups in total.